The summed E-state index contributed by atoms with van der Waals surface area (Å²) in [6, 6.07) is 15.2. The highest BCUT2D eigenvalue weighted by atomic mass is 35.5. The lowest BCUT2D eigenvalue weighted by molar-refractivity contribution is 0.0796. The Morgan fingerprint density at radius 1 is 1.26 bits per heavy atom. The number of halogens is 1. The van der Waals surface area contributed by atoms with Crippen molar-refractivity contribution >= 4 is 59.6 Å². The van der Waals surface area contributed by atoms with Crippen LogP contribution in [0, 0.1) is 0 Å². The molecule has 0 spiro atoms. The Bertz CT molecular complexity index is 1390. The molecule has 2 radical (unpaired) electrons. The number of hydrogen-bond acceptors (Lipinski definition) is 4. The number of aromatic nitrogens is 3. The predicted octanol–water partition coefficient (Wildman–Crippen LogP) is 4.13. The fourth-order valence-electron chi connectivity index (χ4n) is 3.76. The summed E-state index contributed by atoms with van der Waals surface area (Å²) in [6.45, 7) is 3.15. The average molecular weight is 485 g/mol. The first-order valence-corrected chi connectivity index (χ1v) is 11.7. The van der Waals surface area contributed by atoms with Gasteiger partial charge in [-0.25, -0.2) is 9.67 Å². The molecule has 0 unspecified atom stereocenters. The van der Waals surface area contributed by atoms with Crippen LogP contribution in [0.1, 0.15) is 29.3 Å². The van der Waals surface area contributed by atoms with Crippen LogP contribution in [0.4, 0.5) is 5.82 Å². The number of fused-ring (bicyclic) bond motifs is 1. The number of allylic oxidation sites excluding steroid dienone is 1. The minimum Gasteiger partial charge on any atom is -0.370 e. The number of nitrogens with zero attached hydrogens (tertiary/aromatic N) is 4. The van der Waals surface area contributed by atoms with Crippen molar-refractivity contribution in [2.24, 2.45) is 4.99 Å². The van der Waals surface area contributed by atoms with Gasteiger partial charge in [0.05, 0.1) is 5.56 Å². The number of rotatable bonds is 9. The maximum absolute atomic E-state index is 12.9. The van der Waals surface area contributed by atoms with E-state index in [9.17, 15) is 4.79 Å². The second-order valence-electron chi connectivity index (χ2n) is 8.04. The second-order valence-corrected chi connectivity index (χ2v) is 8.45. The van der Waals surface area contributed by atoms with Crippen LogP contribution in [0.15, 0.2) is 72.0 Å². The molecule has 4 aromatic rings. The van der Waals surface area contributed by atoms with Gasteiger partial charge in [0.15, 0.2) is 0 Å². The van der Waals surface area contributed by atoms with Gasteiger partial charge in [-0.2, -0.15) is 5.10 Å². The molecule has 35 heavy (non-hydrogen) atoms. The predicted molar refractivity (Wildman–Crippen MR) is 144 cm³/mol. The van der Waals surface area contributed by atoms with Crippen LogP contribution < -0.4 is 10.8 Å². The minimum atomic E-state index is -0.00949. The lowest BCUT2D eigenvalue weighted by Crippen LogP contribution is -2.30. The van der Waals surface area contributed by atoms with E-state index in [4.69, 9.17) is 19.4 Å². The highest BCUT2D eigenvalue weighted by Crippen LogP contribution is 2.19. The number of hydrogen-bond donors (Lipinski definition) is 2. The zero-order valence-electron chi connectivity index (χ0n) is 19.7. The van der Waals surface area contributed by atoms with E-state index in [0.29, 0.717) is 35.0 Å². The van der Waals surface area contributed by atoms with Gasteiger partial charge in [0, 0.05) is 60.2 Å². The van der Waals surface area contributed by atoms with Gasteiger partial charge in [-0.15, -0.1) is 0 Å². The molecule has 2 heterocycles. The lowest BCUT2D eigenvalue weighted by atomic mass is 10.00. The molecule has 2 aromatic heterocycles. The van der Waals surface area contributed by atoms with E-state index in [1.807, 2.05) is 68.6 Å². The van der Waals surface area contributed by atoms with Gasteiger partial charge < -0.3 is 15.2 Å². The monoisotopic (exact) mass is 484 g/mol. The largest absolute Gasteiger partial charge is 0.370 e. The number of para-hydroxylation sites is 1. The third-order valence-electron chi connectivity index (χ3n) is 5.65. The molecular formula is C26H26BClN6O. The number of benzene rings is 2. The summed E-state index contributed by atoms with van der Waals surface area (Å²) in [6.07, 6.45) is 7.66. The van der Waals surface area contributed by atoms with Crippen molar-refractivity contribution < 1.29 is 4.79 Å². The smallest absolute Gasteiger partial charge is 0.255 e. The number of amides is 1. The molecule has 9 heteroatoms. The number of carbonyl (C=O) groups is 1. The van der Waals surface area contributed by atoms with Crippen LogP contribution in [0.3, 0.4) is 0 Å². The van der Waals surface area contributed by atoms with E-state index < -0.39 is 0 Å². The first kappa shape index (κ1) is 24.4. The third kappa shape index (κ3) is 5.49. The first-order chi connectivity index (χ1) is 17.0. The molecule has 1 amide bonds. The minimum absolute atomic E-state index is 0.00949. The van der Waals surface area contributed by atoms with E-state index in [1.54, 1.807) is 28.2 Å². The van der Waals surface area contributed by atoms with Crippen molar-refractivity contribution in [1.82, 2.24) is 25.0 Å². The standard InChI is InChI=1S/C26H26BClN6O/c1-3-24(34-25(21(27)17-32-34)31-15-18-9-4-6-11-22(18)28)29-13-8-14-33(2)26(35)20-16-30-23-12-7-5-10-19(20)23/h3-7,9-12,15-17,29-30H,8,13-14H2,1-2H3/b24-3-,31-15?. The van der Waals surface area contributed by atoms with Crippen molar-refractivity contribution in [2.45, 2.75) is 13.3 Å². The van der Waals surface area contributed by atoms with E-state index >= 15 is 0 Å². The molecule has 0 aliphatic carbocycles. The number of aliphatic imine (C=N–C) groups is 1. The van der Waals surface area contributed by atoms with Crippen LogP contribution in [-0.4, -0.2) is 59.8 Å². The highest BCUT2D eigenvalue weighted by Gasteiger charge is 2.16. The van der Waals surface area contributed by atoms with Crippen molar-refractivity contribution in [1.29, 1.82) is 0 Å². The summed E-state index contributed by atoms with van der Waals surface area (Å²) >= 11 is 6.23. The van der Waals surface area contributed by atoms with Crippen molar-refractivity contribution in [3.05, 3.63) is 83.2 Å². The Morgan fingerprint density at radius 3 is 2.83 bits per heavy atom. The molecule has 0 atom stereocenters. The highest BCUT2D eigenvalue weighted by molar-refractivity contribution is 6.35. The summed E-state index contributed by atoms with van der Waals surface area (Å²) in [5.41, 5.74) is 2.88. The average Bonchev–Trinajstić information content (AvgIpc) is 3.46. The van der Waals surface area contributed by atoms with Gasteiger partial charge in [0.2, 0.25) is 0 Å². The fraction of sp³-hybridized carbons (Fsp3) is 0.192. The molecular weight excluding hydrogens is 459 g/mol. The lowest BCUT2D eigenvalue weighted by Gasteiger charge is -2.18. The fourth-order valence-corrected chi connectivity index (χ4v) is 3.94. The van der Waals surface area contributed by atoms with Crippen molar-refractivity contribution in [3.63, 3.8) is 0 Å². The SMILES string of the molecule is [B]c1cnn(/C(=C\C)NCCCN(C)C(=O)c2c[nH]c3ccccc23)c1N=Cc1ccccc1Cl. The molecule has 176 valence electrons. The zero-order valence-corrected chi connectivity index (χ0v) is 20.5. The van der Waals surface area contributed by atoms with Gasteiger partial charge in [0.25, 0.3) is 5.91 Å². The second kappa shape index (κ2) is 11.1. The van der Waals surface area contributed by atoms with Gasteiger partial charge in [-0.3, -0.25) is 4.79 Å². The van der Waals surface area contributed by atoms with Crippen LogP contribution in [0.2, 0.25) is 5.02 Å². The van der Waals surface area contributed by atoms with Crippen LogP contribution in [0.5, 0.6) is 0 Å². The van der Waals surface area contributed by atoms with Crippen LogP contribution >= 0.6 is 11.6 Å². The number of H-pyrrole nitrogens is 1. The molecule has 2 aromatic carbocycles. The molecule has 7 nitrogen and oxygen atoms in total. The summed E-state index contributed by atoms with van der Waals surface area (Å²) in [7, 11) is 7.93. The number of carbonyl (C=O) groups excluding carboxylic acids is 1. The Morgan fingerprint density at radius 2 is 2.03 bits per heavy atom. The molecule has 4 rings (SSSR count). The van der Waals surface area contributed by atoms with E-state index in [1.165, 1.54) is 0 Å². The van der Waals surface area contributed by atoms with E-state index in [2.05, 4.69) is 20.4 Å². The van der Waals surface area contributed by atoms with Crippen molar-refractivity contribution in [2.75, 3.05) is 20.1 Å². The van der Waals surface area contributed by atoms with Gasteiger partial charge in [-0.05, 0) is 37.0 Å². The molecule has 0 saturated heterocycles. The normalized spacial score (nSPS) is 11.9. The Kier molecular flexibility index (Phi) is 7.72. The molecule has 0 aliphatic heterocycles. The summed E-state index contributed by atoms with van der Waals surface area (Å²) < 4.78 is 1.66. The van der Waals surface area contributed by atoms with Gasteiger partial charge >= 0.3 is 0 Å². The van der Waals surface area contributed by atoms with E-state index in [0.717, 1.165) is 28.7 Å². The molecule has 0 fully saturated rings. The topological polar surface area (TPSA) is 78.3 Å². The zero-order chi connectivity index (χ0) is 24.8. The number of nitrogens with one attached hydrogen (secondary N) is 2. The summed E-state index contributed by atoms with van der Waals surface area (Å²) in [5, 5.41) is 9.28. The van der Waals surface area contributed by atoms with E-state index in [-0.39, 0.29) is 5.91 Å². The van der Waals surface area contributed by atoms with Crippen molar-refractivity contribution in [3.8, 4) is 0 Å². The maximum atomic E-state index is 12.9. The quantitative estimate of drug-likeness (QED) is 0.213. The maximum Gasteiger partial charge on any atom is 0.255 e. The summed E-state index contributed by atoms with van der Waals surface area (Å²) in [4.78, 5) is 22.3. The first-order valence-electron chi connectivity index (χ1n) is 11.3. The van der Waals surface area contributed by atoms with Gasteiger partial charge in [0.1, 0.15) is 19.5 Å². The van der Waals surface area contributed by atoms with Crippen LogP contribution in [-0.2, 0) is 0 Å². The summed E-state index contributed by atoms with van der Waals surface area (Å²) in [5.74, 6) is 1.25. The Labute approximate surface area is 210 Å². The third-order valence-corrected chi connectivity index (χ3v) is 5.99. The Balaban J connectivity index is 1.36. The van der Waals surface area contributed by atoms with Crippen LogP contribution in [0.25, 0.3) is 16.7 Å². The Hall–Kier alpha value is -3.78. The number of aromatic amines is 1. The van der Waals surface area contributed by atoms with Gasteiger partial charge in [-0.1, -0.05) is 48.0 Å². The molecule has 2 N–H and O–H groups in total. The molecule has 0 saturated carbocycles. The molecule has 0 bridgehead atoms. The molecule has 0 aliphatic rings.